The second-order valence-electron chi connectivity index (χ2n) is 5.40. The first kappa shape index (κ1) is 22.5. The molecule has 2 rings (SSSR count). The molecule has 0 aromatic heterocycles. The second kappa shape index (κ2) is 11.2. The van der Waals surface area contributed by atoms with Crippen LogP contribution in [0, 0.1) is 0 Å². The zero-order chi connectivity index (χ0) is 20.3. The van der Waals surface area contributed by atoms with Crippen LogP contribution in [0.4, 0.5) is 0 Å². The maximum atomic E-state index is 11.9. The van der Waals surface area contributed by atoms with Gasteiger partial charge in [-0.25, -0.2) is 0 Å². The van der Waals surface area contributed by atoms with Crippen LogP contribution >= 0.6 is 0 Å². The third-order valence-electron chi connectivity index (χ3n) is 3.37. The fraction of sp³-hybridized carbons (Fsp3) is 0.333. The molecule has 0 bridgehead atoms. The van der Waals surface area contributed by atoms with Gasteiger partial charge in [-0.1, -0.05) is 36.4 Å². The monoisotopic (exact) mass is 430 g/mol. The Bertz CT molecular complexity index is 820. The first-order chi connectivity index (χ1) is 13.4. The van der Waals surface area contributed by atoms with E-state index in [-0.39, 0.29) is 49.4 Å². The fourth-order valence-corrected chi connectivity index (χ4v) is 3.87. The summed E-state index contributed by atoms with van der Waals surface area (Å²) in [7, 11) is -7.57. The predicted octanol–water partition coefficient (Wildman–Crippen LogP) is 1.83. The highest BCUT2D eigenvalue weighted by atomic mass is 32.2. The van der Waals surface area contributed by atoms with Gasteiger partial charge in [0.05, 0.1) is 49.4 Å². The van der Waals surface area contributed by atoms with E-state index in [1.807, 2.05) is 0 Å². The topological polar surface area (TPSA) is 105 Å². The lowest BCUT2D eigenvalue weighted by molar-refractivity contribution is 0.0285. The average molecular weight is 431 g/mol. The molecule has 0 saturated carbocycles. The van der Waals surface area contributed by atoms with E-state index in [2.05, 4.69) is 0 Å². The Hall–Kier alpha value is -1.82. The van der Waals surface area contributed by atoms with Crippen LogP contribution in [-0.2, 0) is 38.1 Å². The molecular formula is C18H22O8S2. The van der Waals surface area contributed by atoms with E-state index in [0.29, 0.717) is 0 Å². The van der Waals surface area contributed by atoms with E-state index >= 15 is 0 Å². The standard InChI is InChI=1S/C18H22O8S2/c19-27(20,17-7-3-1-4-8-17)25-15-13-23-11-12-24-14-16-26-28(21,22)18-9-5-2-6-10-18/h1-10H,11-16H2. The zero-order valence-electron chi connectivity index (χ0n) is 15.1. The molecule has 10 heteroatoms. The molecular weight excluding hydrogens is 408 g/mol. The maximum Gasteiger partial charge on any atom is 0.297 e. The summed E-state index contributed by atoms with van der Waals surface area (Å²) >= 11 is 0. The Labute approximate surface area is 165 Å². The van der Waals surface area contributed by atoms with Crippen molar-refractivity contribution in [2.75, 3.05) is 39.6 Å². The molecule has 0 atom stereocenters. The van der Waals surface area contributed by atoms with Gasteiger partial charge in [0.25, 0.3) is 20.2 Å². The van der Waals surface area contributed by atoms with E-state index in [4.69, 9.17) is 17.8 Å². The van der Waals surface area contributed by atoms with Gasteiger partial charge in [0, 0.05) is 0 Å². The maximum absolute atomic E-state index is 11.9. The second-order valence-corrected chi connectivity index (χ2v) is 8.63. The van der Waals surface area contributed by atoms with Gasteiger partial charge in [-0.2, -0.15) is 16.8 Å². The van der Waals surface area contributed by atoms with Gasteiger partial charge in [0.1, 0.15) is 0 Å². The lowest BCUT2D eigenvalue weighted by Crippen LogP contribution is -2.15. The van der Waals surface area contributed by atoms with Crippen LogP contribution in [0.1, 0.15) is 0 Å². The van der Waals surface area contributed by atoms with E-state index in [9.17, 15) is 16.8 Å². The van der Waals surface area contributed by atoms with Gasteiger partial charge in [-0.15, -0.1) is 0 Å². The molecule has 0 N–H and O–H groups in total. The van der Waals surface area contributed by atoms with Crippen LogP contribution in [-0.4, -0.2) is 56.5 Å². The summed E-state index contributed by atoms with van der Waals surface area (Å²) in [6.45, 7) is 0.342. The van der Waals surface area contributed by atoms with Crippen molar-refractivity contribution in [3.8, 4) is 0 Å². The molecule has 28 heavy (non-hydrogen) atoms. The van der Waals surface area contributed by atoms with Crippen molar-refractivity contribution >= 4 is 20.2 Å². The van der Waals surface area contributed by atoms with Crippen LogP contribution in [0.3, 0.4) is 0 Å². The lowest BCUT2D eigenvalue weighted by Gasteiger charge is -2.08. The van der Waals surface area contributed by atoms with Crippen LogP contribution in [0.5, 0.6) is 0 Å². The minimum Gasteiger partial charge on any atom is -0.377 e. The molecule has 0 amide bonds. The number of rotatable bonds is 13. The number of benzene rings is 2. The van der Waals surface area contributed by atoms with E-state index in [1.165, 1.54) is 24.3 Å². The molecule has 0 aliphatic rings. The summed E-state index contributed by atoms with van der Waals surface area (Å²) in [5, 5.41) is 0. The molecule has 0 unspecified atom stereocenters. The van der Waals surface area contributed by atoms with E-state index in [1.54, 1.807) is 36.4 Å². The largest absolute Gasteiger partial charge is 0.377 e. The SMILES string of the molecule is O=S(=O)(OCCOCCOCCOS(=O)(=O)c1ccccc1)c1ccccc1. The molecule has 0 saturated heterocycles. The van der Waals surface area contributed by atoms with Gasteiger partial charge in [-0.05, 0) is 24.3 Å². The molecule has 154 valence electrons. The molecule has 0 aliphatic carbocycles. The lowest BCUT2D eigenvalue weighted by atomic mass is 10.4. The summed E-state index contributed by atoms with van der Waals surface area (Å²) in [4.78, 5) is 0.174. The highest BCUT2D eigenvalue weighted by molar-refractivity contribution is 7.87. The van der Waals surface area contributed by atoms with Gasteiger partial charge in [0.15, 0.2) is 0 Å². The molecule has 8 nitrogen and oxygen atoms in total. The van der Waals surface area contributed by atoms with E-state index < -0.39 is 20.2 Å². The summed E-state index contributed by atoms with van der Waals surface area (Å²) in [6, 6.07) is 15.7. The number of hydrogen-bond acceptors (Lipinski definition) is 8. The fourth-order valence-electron chi connectivity index (χ4n) is 2.04. The highest BCUT2D eigenvalue weighted by Gasteiger charge is 2.14. The average Bonchev–Trinajstić information content (AvgIpc) is 2.70. The van der Waals surface area contributed by atoms with E-state index in [0.717, 1.165) is 0 Å². The van der Waals surface area contributed by atoms with Crippen molar-refractivity contribution in [3.05, 3.63) is 60.7 Å². The number of hydrogen-bond donors (Lipinski definition) is 0. The summed E-state index contributed by atoms with van der Waals surface area (Å²) in [6.07, 6.45) is 0. The van der Waals surface area contributed by atoms with Crippen LogP contribution in [0.25, 0.3) is 0 Å². The summed E-state index contributed by atoms with van der Waals surface area (Å²) in [5.74, 6) is 0. The Morgan fingerprint density at radius 3 is 1.18 bits per heavy atom. The molecule has 0 radical (unpaired) electrons. The minimum atomic E-state index is -3.79. The van der Waals surface area contributed by atoms with Crippen molar-refractivity contribution < 1.29 is 34.7 Å². The van der Waals surface area contributed by atoms with Crippen molar-refractivity contribution in [3.63, 3.8) is 0 Å². The predicted molar refractivity (Wildman–Crippen MR) is 101 cm³/mol. The molecule has 2 aromatic carbocycles. The van der Waals surface area contributed by atoms with Crippen molar-refractivity contribution in [1.29, 1.82) is 0 Å². The van der Waals surface area contributed by atoms with Gasteiger partial charge in [0.2, 0.25) is 0 Å². The highest BCUT2D eigenvalue weighted by Crippen LogP contribution is 2.11. The third-order valence-corrected chi connectivity index (χ3v) is 6.02. The van der Waals surface area contributed by atoms with Gasteiger partial charge >= 0.3 is 0 Å². The third kappa shape index (κ3) is 7.66. The minimum absolute atomic E-state index is 0.0777. The van der Waals surface area contributed by atoms with Gasteiger partial charge < -0.3 is 9.47 Å². The Morgan fingerprint density at radius 1 is 0.500 bits per heavy atom. The Morgan fingerprint density at radius 2 is 0.821 bits per heavy atom. The van der Waals surface area contributed by atoms with Crippen molar-refractivity contribution in [2.24, 2.45) is 0 Å². The molecule has 2 aromatic rings. The first-order valence-electron chi connectivity index (χ1n) is 8.46. The molecule has 0 fully saturated rings. The Kier molecular flexibility index (Phi) is 9.03. The molecule has 0 spiro atoms. The summed E-state index contributed by atoms with van der Waals surface area (Å²) in [5.41, 5.74) is 0. The van der Waals surface area contributed by atoms with Crippen LogP contribution in [0.2, 0.25) is 0 Å². The van der Waals surface area contributed by atoms with Gasteiger partial charge in [-0.3, -0.25) is 8.37 Å². The van der Waals surface area contributed by atoms with Crippen molar-refractivity contribution in [1.82, 2.24) is 0 Å². The van der Waals surface area contributed by atoms with Crippen LogP contribution in [0.15, 0.2) is 70.5 Å². The summed E-state index contributed by atoms with van der Waals surface area (Å²) < 4.78 is 67.6. The molecule has 0 heterocycles. The van der Waals surface area contributed by atoms with Crippen LogP contribution < -0.4 is 0 Å². The Balaban J connectivity index is 1.51. The number of ether oxygens (including phenoxy) is 2. The quantitative estimate of drug-likeness (QED) is 0.350. The zero-order valence-corrected chi connectivity index (χ0v) is 16.7. The normalized spacial score (nSPS) is 12.1. The van der Waals surface area contributed by atoms with Crippen molar-refractivity contribution in [2.45, 2.75) is 9.79 Å². The first-order valence-corrected chi connectivity index (χ1v) is 11.3. The smallest absolute Gasteiger partial charge is 0.297 e. The molecule has 0 aliphatic heterocycles.